The number of nitrogens with zero attached hydrogens (tertiary/aromatic N) is 3. The van der Waals surface area contributed by atoms with Crippen LogP contribution in [0.15, 0.2) is 42.5 Å². The van der Waals surface area contributed by atoms with E-state index in [2.05, 4.69) is 16.3 Å². The molecule has 1 aliphatic heterocycles. The van der Waals surface area contributed by atoms with Gasteiger partial charge < -0.3 is 10.2 Å². The second-order valence-corrected chi connectivity index (χ2v) is 14.7. The Bertz CT molecular complexity index is 1490. The Hall–Kier alpha value is -3.04. The average Bonchev–Trinajstić information content (AvgIpc) is 3.60. The first kappa shape index (κ1) is 28.1. The van der Waals surface area contributed by atoms with Gasteiger partial charge in [0.2, 0.25) is 5.91 Å². The molecule has 3 N–H and O–H groups in total. The van der Waals surface area contributed by atoms with Gasteiger partial charge in [0.1, 0.15) is 22.2 Å². The van der Waals surface area contributed by atoms with E-state index in [1.165, 1.54) is 23.5 Å². The van der Waals surface area contributed by atoms with Crippen molar-refractivity contribution in [3.05, 3.63) is 59.8 Å². The Morgan fingerprint density at radius 3 is 2.46 bits per heavy atom. The number of halogens is 2. The van der Waals surface area contributed by atoms with Crippen molar-refractivity contribution in [3.63, 3.8) is 0 Å². The van der Waals surface area contributed by atoms with Gasteiger partial charge in [-0.1, -0.05) is 25.0 Å². The highest BCUT2D eigenvalue weighted by Crippen LogP contribution is 2.47. The highest BCUT2D eigenvalue weighted by atomic mass is 32.3. The number of hydrogen-bond acceptors (Lipinski definition) is 7. The predicted octanol–water partition coefficient (Wildman–Crippen LogP) is 6.77. The van der Waals surface area contributed by atoms with Gasteiger partial charge in [-0.05, 0) is 55.5 Å². The SMILES string of the molecule is N#CC1(NC(=O)[C@@H]2CCCC[C@H]2c2nc(-c3ccc(F)cc3F)sc2-c2ccc(N3CCS(O)(O)CC3)cc2)CC1. The molecule has 3 aliphatic rings. The summed E-state index contributed by atoms with van der Waals surface area (Å²) in [5.41, 5.74) is 2.04. The standard InChI is InChI=1S/C30H32F2N4O3S2/c31-20-7-10-24(25(32)17-20)29-34-26(22-3-1-2-4-23(22)28(37)35-30(18-33)11-12-30)27(40-29)19-5-8-21(9-6-19)36-13-15-41(38,39)16-14-36/h5-10,17,22-23,38-39H,1-4,11-16H2,(H,35,37)/t22-,23-/m1/s1. The Morgan fingerprint density at radius 2 is 1.80 bits per heavy atom. The molecule has 0 radical (unpaired) electrons. The second-order valence-electron chi connectivity index (χ2n) is 11.3. The number of carbonyl (C=O) groups is 1. The Balaban J connectivity index is 1.36. The Labute approximate surface area is 243 Å². The van der Waals surface area contributed by atoms with Crippen LogP contribution in [0.25, 0.3) is 21.0 Å². The van der Waals surface area contributed by atoms with Crippen molar-refractivity contribution >= 4 is 33.5 Å². The van der Waals surface area contributed by atoms with Gasteiger partial charge in [0.25, 0.3) is 0 Å². The highest BCUT2D eigenvalue weighted by molar-refractivity contribution is 8.24. The molecule has 1 amide bonds. The van der Waals surface area contributed by atoms with Crippen molar-refractivity contribution in [1.29, 1.82) is 5.26 Å². The molecule has 1 saturated heterocycles. The zero-order valence-corrected chi connectivity index (χ0v) is 24.1. The zero-order valence-electron chi connectivity index (χ0n) is 22.5. The third-order valence-corrected chi connectivity index (χ3v) is 11.3. The molecule has 11 heteroatoms. The first-order valence-electron chi connectivity index (χ1n) is 14.0. The van der Waals surface area contributed by atoms with Gasteiger partial charge in [-0.2, -0.15) is 15.9 Å². The van der Waals surface area contributed by atoms with Crippen molar-refractivity contribution in [2.24, 2.45) is 5.92 Å². The quantitative estimate of drug-likeness (QED) is 0.289. The molecule has 3 fully saturated rings. The summed E-state index contributed by atoms with van der Waals surface area (Å²) in [5.74, 6) is -1.34. The van der Waals surface area contributed by atoms with Crippen molar-refractivity contribution in [3.8, 4) is 27.1 Å². The van der Waals surface area contributed by atoms with Gasteiger partial charge in [-0.15, -0.1) is 11.3 Å². The molecule has 3 aromatic rings. The summed E-state index contributed by atoms with van der Waals surface area (Å²) in [6.45, 7) is 1.12. The van der Waals surface area contributed by atoms with Crippen LogP contribution in [-0.4, -0.2) is 50.1 Å². The van der Waals surface area contributed by atoms with Gasteiger partial charge in [0.15, 0.2) is 0 Å². The summed E-state index contributed by atoms with van der Waals surface area (Å²) in [6, 6.07) is 13.7. The summed E-state index contributed by atoms with van der Waals surface area (Å²) < 4.78 is 48.5. The summed E-state index contributed by atoms with van der Waals surface area (Å²) >= 11 is 1.33. The van der Waals surface area contributed by atoms with Crippen LogP contribution in [0.5, 0.6) is 0 Å². The van der Waals surface area contributed by atoms with Crippen molar-refractivity contribution in [2.75, 3.05) is 29.5 Å². The van der Waals surface area contributed by atoms with E-state index in [-0.39, 0.29) is 23.3 Å². The number of nitriles is 1. The molecule has 2 aromatic carbocycles. The fourth-order valence-electron chi connectivity index (χ4n) is 5.87. The maximum absolute atomic E-state index is 14.9. The molecule has 41 heavy (non-hydrogen) atoms. The maximum atomic E-state index is 14.9. The van der Waals surface area contributed by atoms with Crippen LogP contribution in [0, 0.1) is 28.9 Å². The lowest BCUT2D eigenvalue weighted by Gasteiger charge is -2.41. The lowest BCUT2D eigenvalue weighted by Crippen LogP contribution is -2.42. The summed E-state index contributed by atoms with van der Waals surface area (Å²) in [6.07, 6.45) is 4.58. The van der Waals surface area contributed by atoms with E-state index in [1.807, 2.05) is 24.3 Å². The van der Waals surface area contributed by atoms with E-state index in [4.69, 9.17) is 4.98 Å². The van der Waals surface area contributed by atoms with Crippen LogP contribution in [0.4, 0.5) is 14.5 Å². The number of thiazole rings is 1. The van der Waals surface area contributed by atoms with Crippen LogP contribution in [-0.2, 0) is 4.79 Å². The molecule has 2 heterocycles. The molecule has 1 aromatic heterocycles. The number of benzene rings is 2. The summed E-state index contributed by atoms with van der Waals surface area (Å²) in [5, 5.41) is 12.9. The first-order valence-corrected chi connectivity index (χ1v) is 16.7. The molecule has 2 saturated carbocycles. The molecular formula is C30H32F2N4O3S2. The maximum Gasteiger partial charge on any atom is 0.225 e. The average molecular weight is 599 g/mol. The summed E-state index contributed by atoms with van der Waals surface area (Å²) in [7, 11) is -2.50. The number of rotatable bonds is 6. The van der Waals surface area contributed by atoms with E-state index in [0.29, 0.717) is 48.9 Å². The molecule has 7 nitrogen and oxygen atoms in total. The van der Waals surface area contributed by atoms with Crippen LogP contribution >= 0.6 is 21.9 Å². The minimum atomic E-state index is -2.50. The molecule has 2 aliphatic carbocycles. The van der Waals surface area contributed by atoms with E-state index in [1.54, 1.807) is 0 Å². The van der Waals surface area contributed by atoms with E-state index in [9.17, 15) is 27.9 Å². The molecule has 2 atom stereocenters. The minimum absolute atomic E-state index is 0.131. The van der Waals surface area contributed by atoms with Crippen LogP contribution in [0.1, 0.15) is 50.1 Å². The number of carbonyl (C=O) groups excluding carboxylic acids is 1. The van der Waals surface area contributed by atoms with Gasteiger partial charge in [-0.25, -0.2) is 13.8 Å². The zero-order chi connectivity index (χ0) is 28.8. The predicted molar refractivity (Wildman–Crippen MR) is 158 cm³/mol. The number of anilines is 1. The fourth-order valence-corrected chi connectivity index (χ4v) is 8.26. The lowest BCUT2D eigenvalue weighted by atomic mass is 9.76. The molecule has 216 valence electrons. The number of hydrogen-bond donors (Lipinski definition) is 3. The van der Waals surface area contributed by atoms with E-state index in [0.717, 1.165) is 47.2 Å². The molecule has 0 bridgehead atoms. The van der Waals surface area contributed by atoms with E-state index < -0.39 is 27.8 Å². The normalized spacial score (nSPS) is 23.8. The largest absolute Gasteiger partial charge is 0.368 e. The molecule has 0 unspecified atom stereocenters. The highest BCUT2D eigenvalue weighted by Gasteiger charge is 2.47. The number of aromatic nitrogens is 1. The first-order chi connectivity index (χ1) is 19.7. The minimum Gasteiger partial charge on any atom is -0.368 e. The smallest absolute Gasteiger partial charge is 0.225 e. The molecule has 6 rings (SSSR count). The Kier molecular flexibility index (Phi) is 7.53. The molecular weight excluding hydrogens is 566 g/mol. The van der Waals surface area contributed by atoms with Crippen molar-refractivity contribution < 1.29 is 22.7 Å². The van der Waals surface area contributed by atoms with Gasteiger partial charge >= 0.3 is 0 Å². The van der Waals surface area contributed by atoms with Crippen LogP contribution in [0.2, 0.25) is 0 Å². The van der Waals surface area contributed by atoms with Gasteiger partial charge in [-0.3, -0.25) is 13.9 Å². The monoisotopic (exact) mass is 598 g/mol. The van der Waals surface area contributed by atoms with Gasteiger partial charge in [0, 0.05) is 42.2 Å². The van der Waals surface area contributed by atoms with Crippen molar-refractivity contribution in [1.82, 2.24) is 10.3 Å². The van der Waals surface area contributed by atoms with Crippen molar-refractivity contribution in [2.45, 2.75) is 50.0 Å². The van der Waals surface area contributed by atoms with Crippen LogP contribution in [0.3, 0.4) is 0 Å². The van der Waals surface area contributed by atoms with Gasteiger partial charge in [0.05, 0.1) is 28.1 Å². The lowest BCUT2D eigenvalue weighted by molar-refractivity contribution is -0.127. The second kappa shape index (κ2) is 11.0. The summed E-state index contributed by atoms with van der Waals surface area (Å²) in [4.78, 5) is 21.3. The number of nitrogens with one attached hydrogen (secondary N) is 1. The van der Waals surface area contributed by atoms with E-state index >= 15 is 0 Å². The third-order valence-electron chi connectivity index (χ3n) is 8.47. The Morgan fingerprint density at radius 1 is 1.10 bits per heavy atom. The molecule has 0 spiro atoms. The number of amides is 1. The topological polar surface area (TPSA) is 109 Å². The fraction of sp³-hybridized carbons (Fsp3) is 0.433. The van der Waals surface area contributed by atoms with Crippen LogP contribution < -0.4 is 10.2 Å². The third kappa shape index (κ3) is 5.84.